The summed E-state index contributed by atoms with van der Waals surface area (Å²) in [5, 5.41) is 3.65. The zero-order valence-corrected chi connectivity index (χ0v) is 10.5. The molecule has 0 aromatic carbocycles. The third kappa shape index (κ3) is 2.49. The summed E-state index contributed by atoms with van der Waals surface area (Å²) < 4.78 is 5.12. The number of furan rings is 1. The molecule has 1 atom stereocenters. The average molecular weight is 221 g/mol. The van der Waals surface area contributed by atoms with Crippen LogP contribution in [0.4, 0.5) is 0 Å². The lowest BCUT2D eigenvalue weighted by molar-refractivity contribution is 0.112. The van der Waals surface area contributed by atoms with Gasteiger partial charge < -0.3 is 9.73 Å². The van der Waals surface area contributed by atoms with Crippen molar-refractivity contribution >= 4 is 0 Å². The van der Waals surface area contributed by atoms with Crippen molar-refractivity contribution in [3.63, 3.8) is 0 Å². The molecule has 1 aliphatic carbocycles. The Balaban J connectivity index is 1.82. The summed E-state index contributed by atoms with van der Waals surface area (Å²) in [5.74, 6) is 0. The fraction of sp³-hybridized carbons (Fsp3) is 0.714. The van der Waals surface area contributed by atoms with Gasteiger partial charge >= 0.3 is 0 Å². The highest BCUT2D eigenvalue weighted by Crippen LogP contribution is 2.44. The first-order valence-electron chi connectivity index (χ1n) is 6.51. The van der Waals surface area contributed by atoms with Crippen molar-refractivity contribution in [1.29, 1.82) is 0 Å². The van der Waals surface area contributed by atoms with Gasteiger partial charge in [0.1, 0.15) is 0 Å². The van der Waals surface area contributed by atoms with E-state index < -0.39 is 0 Å². The Morgan fingerprint density at radius 2 is 2.31 bits per heavy atom. The van der Waals surface area contributed by atoms with Crippen LogP contribution in [0.25, 0.3) is 0 Å². The lowest BCUT2D eigenvalue weighted by Gasteiger charge is -2.43. The van der Waals surface area contributed by atoms with Gasteiger partial charge in [0.05, 0.1) is 12.5 Å². The highest BCUT2D eigenvalue weighted by Gasteiger charge is 2.35. The lowest BCUT2D eigenvalue weighted by Crippen LogP contribution is -2.40. The van der Waals surface area contributed by atoms with Crippen LogP contribution >= 0.6 is 0 Å². The predicted octanol–water partition coefficient (Wildman–Crippen LogP) is 3.90. The molecular weight excluding hydrogens is 198 g/mol. The molecule has 16 heavy (non-hydrogen) atoms. The second-order valence-electron chi connectivity index (χ2n) is 5.26. The predicted molar refractivity (Wildman–Crippen MR) is 66.3 cm³/mol. The Hall–Kier alpha value is -0.760. The molecule has 1 N–H and O–H groups in total. The highest BCUT2D eigenvalue weighted by atomic mass is 16.3. The molecule has 0 radical (unpaired) electrons. The number of rotatable bonds is 6. The van der Waals surface area contributed by atoms with Gasteiger partial charge in [0.2, 0.25) is 0 Å². The molecule has 2 rings (SSSR count). The SMILES string of the molecule is CCCC1(CNC(C)c2ccoc2)CCC1. The van der Waals surface area contributed by atoms with Crippen LogP contribution in [0.2, 0.25) is 0 Å². The van der Waals surface area contributed by atoms with E-state index >= 15 is 0 Å². The summed E-state index contributed by atoms with van der Waals surface area (Å²) in [6, 6.07) is 2.46. The molecule has 0 spiro atoms. The van der Waals surface area contributed by atoms with Gasteiger partial charge in [0.15, 0.2) is 0 Å². The van der Waals surface area contributed by atoms with E-state index in [9.17, 15) is 0 Å². The van der Waals surface area contributed by atoms with Crippen LogP contribution in [-0.2, 0) is 0 Å². The summed E-state index contributed by atoms with van der Waals surface area (Å²) >= 11 is 0. The molecule has 1 aromatic heterocycles. The Morgan fingerprint density at radius 3 is 2.81 bits per heavy atom. The van der Waals surface area contributed by atoms with Crippen molar-refractivity contribution < 1.29 is 4.42 Å². The van der Waals surface area contributed by atoms with Crippen LogP contribution in [0.3, 0.4) is 0 Å². The second-order valence-corrected chi connectivity index (χ2v) is 5.26. The van der Waals surface area contributed by atoms with Gasteiger partial charge in [-0.25, -0.2) is 0 Å². The van der Waals surface area contributed by atoms with Gasteiger partial charge in [-0.3, -0.25) is 0 Å². The maximum absolute atomic E-state index is 5.12. The van der Waals surface area contributed by atoms with E-state index in [4.69, 9.17) is 4.42 Å². The molecule has 1 saturated carbocycles. The van der Waals surface area contributed by atoms with Gasteiger partial charge in [-0.2, -0.15) is 0 Å². The van der Waals surface area contributed by atoms with Crippen LogP contribution in [0.1, 0.15) is 57.6 Å². The van der Waals surface area contributed by atoms with E-state index in [1.807, 2.05) is 12.3 Å². The van der Waals surface area contributed by atoms with Crippen molar-refractivity contribution in [3.05, 3.63) is 24.2 Å². The Morgan fingerprint density at radius 1 is 1.50 bits per heavy atom. The minimum atomic E-state index is 0.410. The van der Waals surface area contributed by atoms with Crippen molar-refractivity contribution in [2.45, 2.75) is 52.0 Å². The number of nitrogens with one attached hydrogen (secondary N) is 1. The van der Waals surface area contributed by atoms with E-state index in [1.54, 1.807) is 6.26 Å². The van der Waals surface area contributed by atoms with Crippen molar-refractivity contribution in [1.82, 2.24) is 5.32 Å². The molecule has 2 heteroatoms. The highest BCUT2D eigenvalue weighted by molar-refractivity contribution is 5.10. The molecule has 1 aliphatic rings. The van der Waals surface area contributed by atoms with Crippen molar-refractivity contribution in [3.8, 4) is 0 Å². The van der Waals surface area contributed by atoms with E-state index in [1.165, 1.54) is 37.7 Å². The molecule has 0 bridgehead atoms. The van der Waals surface area contributed by atoms with Crippen LogP contribution in [-0.4, -0.2) is 6.54 Å². The first kappa shape index (κ1) is 11.7. The largest absolute Gasteiger partial charge is 0.472 e. The second kappa shape index (κ2) is 5.05. The van der Waals surface area contributed by atoms with Crippen LogP contribution in [0.15, 0.2) is 23.0 Å². The van der Waals surface area contributed by atoms with E-state index in [0.29, 0.717) is 11.5 Å². The molecule has 1 unspecified atom stereocenters. The van der Waals surface area contributed by atoms with Crippen LogP contribution < -0.4 is 5.32 Å². The van der Waals surface area contributed by atoms with Crippen LogP contribution in [0, 0.1) is 5.41 Å². The Kier molecular flexibility index (Phi) is 3.70. The first-order chi connectivity index (χ1) is 7.76. The monoisotopic (exact) mass is 221 g/mol. The van der Waals surface area contributed by atoms with E-state index in [2.05, 4.69) is 19.2 Å². The number of hydrogen-bond acceptors (Lipinski definition) is 2. The zero-order chi connectivity index (χ0) is 11.4. The lowest BCUT2D eigenvalue weighted by atomic mass is 9.66. The summed E-state index contributed by atoms with van der Waals surface area (Å²) in [4.78, 5) is 0. The molecule has 1 aromatic rings. The summed E-state index contributed by atoms with van der Waals surface area (Å²) in [6.07, 6.45) is 10.5. The molecule has 0 amide bonds. The van der Waals surface area contributed by atoms with Gasteiger partial charge in [0, 0.05) is 18.2 Å². The molecule has 1 heterocycles. The molecule has 0 saturated heterocycles. The van der Waals surface area contributed by atoms with Gasteiger partial charge in [-0.15, -0.1) is 0 Å². The maximum atomic E-state index is 5.12. The summed E-state index contributed by atoms with van der Waals surface area (Å²) in [7, 11) is 0. The Bertz CT molecular complexity index is 301. The molecule has 90 valence electrons. The standard InChI is InChI=1S/C14H23NO/c1-3-6-14(7-4-8-14)11-15-12(2)13-5-9-16-10-13/h5,9-10,12,15H,3-4,6-8,11H2,1-2H3. The third-order valence-electron chi connectivity index (χ3n) is 4.02. The average Bonchev–Trinajstić information content (AvgIpc) is 2.74. The molecular formula is C14H23NO. The minimum absolute atomic E-state index is 0.410. The number of hydrogen-bond donors (Lipinski definition) is 1. The maximum Gasteiger partial charge on any atom is 0.0950 e. The Labute approximate surface area is 98.4 Å². The third-order valence-corrected chi connectivity index (χ3v) is 4.02. The van der Waals surface area contributed by atoms with Gasteiger partial charge in [-0.1, -0.05) is 19.8 Å². The fourth-order valence-corrected chi connectivity index (χ4v) is 2.73. The zero-order valence-electron chi connectivity index (χ0n) is 10.5. The van der Waals surface area contributed by atoms with Crippen LogP contribution in [0.5, 0.6) is 0 Å². The van der Waals surface area contributed by atoms with Crippen molar-refractivity contribution in [2.24, 2.45) is 5.41 Å². The quantitative estimate of drug-likeness (QED) is 0.788. The van der Waals surface area contributed by atoms with Gasteiger partial charge in [0.25, 0.3) is 0 Å². The minimum Gasteiger partial charge on any atom is -0.472 e. The van der Waals surface area contributed by atoms with Gasteiger partial charge in [-0.05, 0) is 37.7 Å². The van der Waals surface area contributed by atoms with E-state index in [-0.39, 0.29) is 0 Å². The normalized spacial score (nSPS) is 20.4. The smallest absolute Gasteiger partial charge is 0.0950 e. The van der Waals surface area contributed by atoms with Crippen molar-refractivity contribution in [2.75, 3.05) is 6.54 Å². The molecule has 2 nitrogen and oxygen atoms in total. The molecule has 1 fully saturated rings. The summed E-state index contributed by atoms with van der Waals surface area (Å²) in [5.41, 5.74) is 1.86. The summed E-state index contributed by atoms with van der Waals surface area (Å²) in [6.45, 7) is 5.66. The molecule has 0 aliphatic heterocycles. The first-order valence-corrected chi connectivity index (χ1v) is 6.51. The van der Waals surface area contributed by atoms with E-state index in [0.717, 1.165) is 6.54 Å². The fourth-order valence-electron chi connectivity index (χ4n) is 2.73. The topological polar surface area (TPSA) is 25.2 Å².